The number of carbonyl (C=O) groups excluding carboxylic acids is 1. The van der Waals surface area contributed by atoms with Gasteiger partial charge in [-0.25, -0.2) is 9.78 Å². The molecule has 94 valence electrons. The van der Waals surface area contributed by atoms with Gasteiger partial charge in [-0.15, -0.1) is 0 Å². The lowest BCUT2D eigenvalue weighted by molar-refractivity contribution is -0.384. The lowest BCUT2D eigenvalue weighted by Gasteiger charge is -1.99. The van der Waals surface area contributed by atoms with Gasteiger partial charge < -0.3 is 9.94 Å². The highest BCUT2D eigenvalue weighted by atomic mass is 16.6. The van der Waals surface area contributed by atoms with Crippen LogP contribution in [-0.2, 0) is 4.74 Å². The highest BCUT2D eigenvalue weighted by molar-refractivity contribution is 5.91. The number of aromatic nitrogens is 2. The molecule has 0 unspecified atom stereocenters. The predicted octanol–water partition coefficient (Wildman–Crippen LogP) is 1.36. The summed E-state index contributed by atoms with van der Waals surface area (Å²) in [6.07, 6.45) is 0. The molecular formula is C10H9N3O5. The van der Waals surface area contributed by atoms with Gasteiger partial charge in [-0.2, -0.15) is 4.73 Å². The van der Waals surface area contributed by atoms with Crippen LogP contribution in [0.4, 0.5) is 5.69 Å². The smallest absolute Gasteiger partial charge is 0.377 e. The molecule has 18 heavy (non-hydrogen) atoms. The van der Waals surface area contributed by atoms with Gasteiger partial charge in [0.15, 0.2) is 0 Å². The van der Waals surface area contributed by atoms with Gasteiger partial charge in [0.05, 0.1) is 17.0 Å². The molecule has 0 radical (unpaired) electrons. The van der Waals surface area contributed by atoms with Crippen LogP contribution in [0.5, 0.6) is 0 Å². The van der Waals surface area contributed by atoms with Crippen LogP contribution in [0.2, 0.25) is 0 Å². The van der Waals surface area contributed by atoms with Gasteiger partial charge in [-0.3, -0.25) is 10.1 Å². The van der Waals surface area contributed by atoms with Crippen LogP contribution in [0.15, 0.2) is 18.2 Å². The molecular weight excluding hydrogens is 242 g/mol. The van der Waals surface area contributed by atoms with E-state index in [9.17, 15) is 20.1 Å². The second-order valence-electron chi connectivity index (χ2n) is 3.40. The highest BCUT2D eigenvalue weighted by Crippen LogP contribution is 2.21. The first-order valence-electron chi connectivity index (χ1n) is 5.08. The Morgan fingerprint density at radius 3 is 2.94 bits per heavy atom. The summed E-state index contributed by atoms with van der Waals surface area (Å²) in [7, 11) is 0. The fraction of sp³-hybridized carbons (Fsp3) is 0.200. The third-order valence-corrected chi connectivity index (χ3v) is 2.28. The van der Waals surface area contributed by atoms with E-state index in [1.165, 1.54) is 12.1 Å². The van der Waals surface area contributed by atoms with E-state index in [-0.39, 0.29) is 29.2 Å². The normalized spacial score (nSPS) is 10.5. The Kier molecular flexibility index (Phi) is 2.84. The minimum absolute atomic E-state index is 0.0762. The molecule has 1 aromatic carbocycles. The summed E-state index contributed by atoms with van der Waals surface area (Å²) in [6, 6.07) is 3.72. The van der Waals surface area contributed by atoms with Crippen LogP contribution < -0.4 is 0 Å². The number of esters is 1. The molecule has 1 N–H and O–H groups in total. The Morgan fingerprint density at radius 1 is 1.61 bits per heavy atom. The lowest BCUT2D eigenvalue weighted by atomic mass is 10.3. The number of fused-ring (bicyclic) bond motifs is 1. The summed E-state index contributed by atoms with van der Waals surface area (Å²) in [5.74, 6) is -1.11. The van der Waals surface area contributed by atoms with Crippen molar-refractivity contribution in [1.29, 1.82) is 0 Å². The monoisotopic (exact) mass is 251 g/mol. The minimum Gasteiger partial charge on any atom is -0.460 e. The molecule has 8 nitrogen and oxygen atoms in total. The number of carbonyl (C=O) groups is 1. The first-order valence-corrected chi connectivity index (χ1v) is 5.08. The zero-order valence-electron chi connectivity index (χ0n) is 9.36. The molecule has 0 aliphatic heterocycles. The number of rotatable bonds is 3. The number of non-ortho nitro benzene ring substituents is 1. The largest absolute Gasteiger partial charge is 0.460 e. The standard InChI is InChI=1S/C10H9N3O5/c1-2-18-10(14)9-11-7-4-3-6(13(16)17)5-8(7)12(9)15/h3-5,15H,2H2,1H3. The van der Waals surface area contributed by atoms with Crippen LogP contribution in [0.1, 0.15) is 17.5 Å². The Balaban J connectivity index is 2.56. The van der Waals surface area contributed by atoms with E-state index in [4.69, 9.17) is 4.74 Å². The molecule has 0 bridgehead atoms. The van der Waals surface area contributed by atoms with Crippen molar-refractivity contribution in [3.05, 3.63) is 34.1 Å². The topological polar surface area (TPSA) is 107 Å². The van der Waals surface area contributed by atoms with Crippen molar-refractivity contribution in [2.24, 2.45) is 0 Å². The number of ether oxygens (including phenoxy) is 1. The van der Waals surface area contributed by atoms with E-state index in [1.807, 2.05) is 0 Å². The molecule has 0 atom stereocenters. The maximum atomic E-state index is 11.5. The second-order valence-corrected chi connectivity index (χ2v) is 3.40. The third kappa shape index (κ3) is 1.83. The van der Waals surface area contributed by atoms with Crippen molar-refractivity contribution >= 4 is 22.7 Å². The van der Waals surface area contributed by atoms with Gasteiger partial charge in [0.2, 0.25) is 0 Å². The van der Waals surface area contributed by atoms with Gasteiger partial charge in [0.1, 0.15) is 5.52 Å². The van der Waals surface area contributed by atoms with Crippen molar-refractivity contribution in [2.45, 2.75) is 6.92 Å². The van der Waals surface area contributed by atoms with Crippen molar-refractivity contribution < 1.29 is 19.7 Å². The van der Waals surface area contributed by atoms with Gasteiger partial charge in [0, 0.05) is 12.1 Å². The summed E-state index contributed by atoms with van der Waals surface area (Å²) >= 11 is 0. The molecule has 2 rings (SSSR count). The number of nitrogens with zero attached hydrogens (tertiary/aromatic N) is 3. The van der Waals surface area contributed by atoms with E-state index in [0.717, 1.165) is 6.07 Å². The molecule has 0 spiro atoms. The summed E-state index contributed by atoms with van der Waals surface area (Å²) < 4.78 is 5.19. The van der Waals surface area contributed by atoms with Crippen molar-refractivity contribution in [2.75, 3.05) is 6.61 Å². The third-order valence-electron chi connectivity index (χ3n) is 2.28. The number of imidazole rings is 1. The number of hydrogen-bond donors (Lipinski definition) is 1. The predicted molar refractivity (Wildman–Crippen MR) is 59.5 cm³/mol. The van der Waals surface area contributed by atoms with Gasteiger partial charge >= 0.3 is 5.97 Å². The van der Waals surface area contributed by atoms with Crippen LogP contribution in [0.25, 0.3) is 11.0 Å². The van der Waals surface area contributed by atoms with E-state index in [0.29, 0.717) is 4.73 Å². The number of hydrogen-bond acceptors (Lipinski definition) is 6. The zero-order valence-corrected chi connectivity index (χ0v) is 9.36. The summed E-state index contributed by atoms with van der Waals surface area (Å²) in [4.78, 5) is 25.3. The first-order chi connectivity index (χ1) is 8.54. The van der Waals surface area contributed by atoms with E-state index < -0.39 is 10.9 Å². The van der Waals surface area contributed by atoms with Crippen molar-refractivity contribution in [3.63, 3.8) is 0 Å². The Bertz CT molecular complexity index is 634. The van der Waals surface area contributed by atoms with Gasteiger partial charge in [-0.1, -0.05) is 0 Å². The van der Waals surface area contributed by atoms with Crippen LogP contribution >= 0.6 is 0 Å². The maximum absolute atomic E-state index is 11.5. The van der Waals surface area contributed by atoms with Gasteiger partial charge in [0.25, 0.3) is 11.5 Å². The van der Waals surface area contributed by atoms with Crippen molar-refractivity contribution in [1.82, 2.24) is 9.71 Å². The number of nitro benzene ring substituents is 1. The molecule has 0 amide bonds. The van der Waals surface area contributed by atoms with E-state index >= 15 is 0 Å². The Morgan fingerprint density at radius 2 is 2.33 bits per heavy atom. The van der Waals surface area contributed by atoms with Crippen LogP contribution in [0.3, 0.4) is 0 Å². The molecule has 8 heteroatoms. The molecule has 0 fully saturated rings. The second kappa shape index (κ2) is 4.32. The first kappa shape index (κ1) is 11.8. The maximum Gasteiger partial charge on any atom is 0.377 e. The molecule has 1 heterocycles. The Hall–Kier alpha value is -2.64. The molecule has 1 aromatic heterocycles. The van der Waals surface area contributed by atoms with E-state index in [2.05, 4.69) is 4.98 Å². The SMILES string of the molecule is CCOC(=O)c1nc2ccc([N+](=O)[O-])cc2n1O. The van der Waals surface area contributed by atoms with Crippen LogP contribution in [-0.4, -0.2) is 32.4 Å². The quantitative estimate of drug-likeness (QED) is 0.382. The molecule has 0 saturated heterocycles. The highest BCUT2D eigenvalue weighted by Gasteiger charge is 2.20. The van der Waals surface area contributed by atoms with E-state index in [1.54, 1.807) is 6.92 Å². The lowest BCUT2D eigenvalue weighted by Crippen LogP contribution is -2.11. The van der Waals surface area contributed by atoms with Crippen LogP contribution in [0, 0.1) is 10.1 Å². The number of benzene rings is 1. The summed E-state index contributed by atoms with van der Waals surface area (Å²) in [5.41, 5.74) is 0.145. The van der Waals surface area contributed by atoms with Crippen molar-refractivity contribution in [3.8, 4) is 0 Å². The average Bonchev–Trinajstić information content (AvgIpc) is 2.67. The van der Waals surface area contributed by atoms with Gasteiger partial charge in [-0.05, 0) is 13.0 Å². The molecule has 0 aliphatic carbocycles. The average molecular weight is 251 g/mol. The molecule has 0 saturated carbocycles. The molecule has 2 aromatic rings. The Labute approximate surface area is 101 Å². The minimum atomic E-state index is -0.793. The number of nitro groups is 1. The fourth-order valence-electron chi connectivity index (χ4n) is 1.49. The molecule has 0 aliphatic rings. The zero-order chi connectivity index (χ0) is 13.3. The summed E-state index contributed by atoms with van der Waals surface area (Å²) in [6.45, 7) is 1.76. The summed E-state index contributed by atoms with van der Waals surface area (Å²) in [5, 5.41) is 20.3. The fourth-order valence-corrected chi connectivity index (χ4v) is 1.49.